The van der Waals surface area contributed by atoms with Crippen LogP contribution >= 0.6 is 11.3 Å². The monoisotopic (exact) mass is 302 g/mol. The first-order chi connectivity index (χ1) is 10.3. The topological polar surface area (TPSA) is 68.3 Å². The molecule has 3 rings (SSSR count). The van der Waals surface area contributed by atoms with Gasteiger partial charge >= 0.3 is 0 Å². The van der Waals surface area contributed by atoms with E-state index in [0.29, 0.717) is 17.9 Å². The van der Waals surface area contributed by atoms with Gasteiger partial charge in [0.15, 0.2) is 0 Å². The van der Waals surface area contributed by atoms with Crippen LogP contribution in [0.4, 0.5) is 0 Å². The van der Waals surface area contributed by atoms with Crippen LogP contribution in [-0.4, -0.2) is 17.6 Å². The van der Waals surface area contributed by atoms with Gasteiger partial charge in [-0.15, -0.1) is 11.3 Å². The molecule has 6 heteroatoms. The average molecular weight is 302 g/mol. The maximum atomic E-state index is 12.1. The Hall–Kier alpha value is -2.34. The molecule has 1 N–H and O–H groups in total. The molecule has 0 aromatic carbocycles. The molecule has 0 aliphatic heterocycles. The van der Waals surface area contributed by atoms with Crippen molar-refractivity contribution in [3.05, 3.63) is 64.1 Å². The minimum atomic E-state index is -0.193. The Morgan fingerprint density at radius 3 is 2.95 bits per heavy atom. The zero-order valence-corrected chi connectivity index (χ0v) is 12.2. The van der Waals surface area contributed by atoms with Crippen molar-refractivity contribution in [2.45, 2.75) is 12.8 Å². The van der Waals surface area contributed by atoms with E-state index in [9.17, 15) is 4.79 Å². The van der Waals surface area contributed by atoms with E-state index in [-0.39, 0.29) is 11.8 Å². The summed E-state index contributed by atoms with van der Waals surface area (Å²) < 4.78 is 10.4. The van der Waals surface area contributed by atoms with E-state index >= 15 is 0 Å². The van der Waals surface area contributed by atoms with Crippen LogP contribution in [-0.2, 0) is 0 Å². The number of carbonyl (C=O) groups excluding carboxylic acids is 1. The number of rotatable bonds is 5. The van der Waals surface area contributed by atoms with Crippen molar-refractivity contribution < 1.29 is 13.7 Å². The lowest BCUT2D eigenvalue weighted by Gasteiger charge is -2.13. The highest BCUT2D eigenvalue weighted by Crippen LogP contribution is 2.28. The third-order valence-electron chi connectivity index (χ3n) is 3.24. The van der Waals surface area contributed by atoms with Crippen LogP contribution in [0, 0.1) is 6.92 Å². The van der Waals surface area contributed by atoms with Crippen LogP contribution in [0.1, 0.15) is 32.7 Å². The molecule has 0 fully saturated rings. The summed E-state index contributed by atoms with van der Waals surface area (Å²) in [4.78, 5) is 13.3. The summed E-state index contributed by atoms with van der Waals surface area (Å²) in [5.41, 5.74) is 0.458. The predicted molar refractivity (Wildman–Crippen MR) is 78.4 cm³/mol. The summed E-state index contributed by atoms with van der Waals surface area (Å²) in [6.07, 6.45) is 3.07. The summed E-state index contributed by atoms with van der Waals surface area (Å²) in [7, 11) is 0. The minimum absolute atomic E-state index is 0.00381. The summed E-state index contributed by atoms with van der Waals surface area (Å²) in [5, 5.41) is 8.54. The first-order valence-electron chi connectivity index (χ1n) is 6.52. The third-order valence-corrected chi connectivity index (χ3v) is 4.22. The number of carbonyl (C=O) groups is 1. The van der Waals surface area contributed by atoms with E-state index in [2.05, 4.69) is 10.5 Å². The first-order valence-corrected chi connectivity index (χ1v) is 7.40. The molecule has 0 bridgehead atoms. The van der Waals surface area contributed by atoms with Crippen molar-refractivity contribution in [1.29, 1.82) is 0 Å². The molecule has 0 spiro atoms. The molecule has 1 atom stereocenters. The molecule has 3 heterocycles. The molecule has 1 amide bonds. The van der Waals surface area contributed by atoms with Crippen LogP contribution in [0.25, 0.3) is 0 Å². The molecule has 0 radical (unpaired) electrons. The molecule has 0 saturated heterocycles. The fourth-order valence-electron chi connectivity index (χ4n) is 2.13. The van der Waals surface area contributed by atoms with Gasteiger partial charge in [-0.3, -0.25) is 4.79 Å². The Morgan fingerprint density at radius 2 is 2.33 bits per heavy atom. The quantitative estimate of drug-likeness (QED) is 0.786. The first kappa shape index (κ1) is 13.6. The van der Waals surface area contributed by atoms with Crippen molar-refractivity contribution in [1.82, 2.24) is 10.5 Å². The Balaban J connectivity index is 1.74. The molecule has 3 aromatic heterocycles. The molecular weight excluding hydrogens is 288 g/mol. The van der Waals surface area contributed by atoms with Crippen molar-refractivity contribution in [2.75, 3.05) is 6.54 Å². The number of amides is 1. The van der Waals surface area contributed by atoms with Gasteiger partial charge in [0.2, 0.25) is 0 Å². The van der Waals surface area contributed by atoms with Crippen LogP contribution in [0.15, 0.2) is 51.0 Å². The van der Waals surface area contributed by atoms with E-state index < -0.39 is 0 Å². The molecule has 0 aliphatic rings. The van der Waals surface area contributed by atoms with Crippen molar-refractivity contribution >= 4 is 17.2 Å². The normalized spacial score (nSPS) is 12.2. The predicted octanol–water partition coefficient (Wildman–Crippen LogP) is 3.20. The fraction of sp³-hybridized carbons (Fsp3) is 0.200. The number of hydrogen-bond donors (Lipinski definition) is 1. The van der Waals surface area contributed by atoms with Gasteiger partial charge in [-0.25, -0.2) is 0 Å². The summed E-state index contributed by atoms with van der Waals surface area (Å²) in [5.74, 6) is 1.16. The maximum absolute atomic E-state index is 12.1. The summed E-state index contributed by atoms with van der Waals surface area (Å²) in [6, 6.07) is 7.79. The van der Waals surface area contributed by atoms with Crippen molar-refractivity contribution in [3.63, 3.8) is 0 Å². The van der Waals surface area contributed by atoms with E-state index in [1.54, 1.807) is 24.5 Å². The van der Waals surface area contributed by atoms with E-state index in [1.165, 1.54) is 6.20 Å². The van der Waals surface area contributed by atoms with Crippen LogP contribution in [0.3, 0.4) is 0 Å². The molecular formula is C15H14N2O3S. The zero-order valence-electron chi connectivity index (χ0n) is 11.4. The van der Waals surface area contributed by atoms with Gasteiger partial charge in [0.05, 0.1) is 18.4 Å². The van der Waals surface area contributed by atoms with Crippen molar-refractivity contribution in [2.24, 2.45) is 0 Å². The van der Waals surface area contributed by atoms with Gasteiger partial charge in [0.25, 0.3) is 5.91 Å². The highest BCUT2D eigenvalue weighted by atomic mass is 32.1. The third kappa shape index (κ3) is 2.90. The Bertz CT molecular complexity index is 667. The zero-order chi connectivity index (χ0) is 14.7. The second-order valence-corrected chi connectivity index (χ2v) is 5.57. The highest BCUT2D eigenvalue weighted by Gasteiger charge is 2.20. The lowest BCUT2D eigenvalue weighted by molar-refractivity contribution is 0.0950. The molecule has 21 heavy (non-hydrogen) atoms. The molecule has 0 aliphatic carbocycles. The molecule has 3 aromatic rings. The smallest absolute Gasteiger partial charge is 0.256 e. The lowest BCUT2D eigenvalue weighted by atomic mass is 10.0. The number of nitrogens with one attached hydrogen (secondary N) is 1. The van der Waals surface area contributed by atoms with Gasteiger partial charge in [0, 0.05) is 11.4 Å². The Morgan fingerprint density at radius 1 is 1.43 bits per heavy atom. The Kier molecular flexibility index (Phi) is 3.87. The average Bonchev–Trinajstić information content (AvgIpc) is 3.21. The fourth-order valence-corrected chi connectivity index (χ4v) is 2.96. The standard InChI is InChI=1S/C15H14N2O3S/c1-10-11(9-17-20-10)15(18)16-8-12(13-4-2-6-19-13)14-5-3-7-21-14/h2-7,9,12H,8H2,1H3,(H,16,18). The largest absolute Gasteiger partial charge is 0.469 e. The second kappa shape index (κ2) is 5.97. The summed E-state index contributed by atoms with van der Waals surface area (Å²) in [6.45, 7) is 2.17. The summed E-state index contributed by atoms with van der Waals surface area (Å²) >= 11 is 1.64. The lowest BCUT2D eigenvalue weighted by Crippen LogP contribution is -2.28. The molecule has 0 saturated carbocycles. The molecule has 1 unspecified atom stereocenters. The Labute approximate surface area is 125 Å². The van der Waals surface area contributed by atoms with E-state index in [1.807, 2.05) is 29.6 Å². The van der Waals surface area contributed by atoms with Gasteiger partial charge in [-0.05, 0) is 30.5 Å². The molecule has 5 nitrogen and oxygen atoms in total. The molecule has 108 valence electrons. The van der Waals surface area contributed by atoms with E-state index in [0.717, 1.165) is 10.6 Å². The van der Waals surface area contributed by atoms with Gasteiger partial charge in [-0.2, -0.15) is 0 Å². The van der Waals surface area contributed by atoms with Crippen LogP contribution in [0.2, 0.25) is 0 Å². The van der Waals surface area contributed by atoms with Gasteiger partial charge in [0.1, 0.15) is 17.1 Å². The van der Waals surface area contributed by atoms with E-state index in [4.69, 9.17) is 8.94 Å². The van der Waals surface area contributed by atoms with Crippen LogP contribution < -0.4 is 5.32 Å². The number of aryl methyl sites for hydroxylation is 1. The van der Waals surface area contributed by atoms with Crippen molar-refractivity contribution in [3.8, 4) is 0 Å². The number of thiophene rings is 1. The van der Waals surface area contributed by atoms with Gasteiger partial charge < -0.3 is 14.3 Å². The van der Waals surface area contributed by atoms with Gasteiger partial charge in [-0.1, -0.05) is 11.2 Å². The number of furan rings is 1. The number of aromatic nitrogens is 1. The highest BCUT2D eigenvalue weighted by molar-refractivity contribution is 7.10. The maximum Gasteiger partial charge on any atom is 0.256 e. The number of hydrogen-bond acceptors (Lipinski definition) is 5. The minimum Gasteiger partial charge on any atom is -0.469 e. The second-order valence-electron chi connectivity index (χ2n) is 4.59. The SMILES string of the molecule is Cc1oncc1C(=O)NCC(c1ccco1)c1cccs1. The number of nitrogens with zero attached hydrogens (tertiary/aromatic N) is 1. The van der Waals surface area contributed by atoms with Crippen LogP contribution in [0.5, 0.6) is 0 Å².